The summed E-state index contributed by atoms with van der Waals surface area (Å²) in [5.74, 6) is -2.87. The maximum atomic E-state index is 13.2. The highest BCUT2D eigenvalue weighted by molar-refractivity contribution is 9.09. The standard InChI is InChI=1S/C10H10BrF3/c1-2-3-7(11)6-4-9(13)10(14)5-8(6)12/h4-5,7H,2-3H2,1H3. The van der Waals surface area contributed by atoms with Crippen molar-refractivity contribution in [3.63, 3.8) is 0 Å². The first-order chi connectivity index (χ1) is 6.56. The molecule has 0 N–H and O–H groups in total. The van der Waals surface area contributed by atoms with Gasteiger partial charge in [-0.2, -0.15) is 0 Å². The van der Waals surface area contributed by atoms with Gasteiger partial charge in [-0.3, -0.25) is 0 Å². The van der Waals surface area contributed by atoms with Gasteiger partial charge in [-0.25, -0.2) is 13.2 Å². The van der Waals surface area contributed by atoms with Gasteiger partial charge in [0, 0.05) is 16.5 Å². The Labute approximate surface area is 89.3 Å². The van der Waals surface area contributed by atoms with Gasteiger partial charge in [0.1, 0.15) is 5.82 Å². The summed E-state index contributed by atoms with van der Waals surface area (Å²) < 4.78 is 38.5. The second-order valence-corrected chi connectivity index (χ2v) is 4.15. The summed E-state index contributed by atoms with van der Waals surface area (Å²) in [5, 5.41) is 0. The molecular weight excluding hydrogens is 257 g/mol. The highest BCUT2D eigenvalue weighted by atomic mass is 79.9. The molecule has 0 aliphatic rings. The fourth-order valence-corrected chi connectivity index (χ4v) is 2.00. The van der Waals surface area contributed by atoms with E-state index in [4.69, 9.17) is 0 Å². The van der Waals surface area contributed by atoms with E-state index >= 15 is 0 Å². The summed E-state index contributed by atoms with van der Waals surface area (Å²) in [4.78, 5) is -0.261. The monoisotopic (exact) mass is 266 g/mol. The zero-order valence-corrected chi connectivity index (χ0v) is 9.24. The van der Waals surface area contributed by atoms with E-state index in [2.05, 4.69) is 15.9 Å². The molecule has 0 nitrogen and oxygen atoms in total. The number of alkyl halides is 1. The zero-order valence-electron chi connectivity index (χ0n) is 7.66. The van der Waals surface area contributed by atoms with Crippen LogP contribution in [0.3, 0.4) is 0 Å². The van der Waals surface area contributed by atoms with E-state index in [0.717, 1.165) is 12.5 Å². The molecular formula is C10H10BrF3. The summed E-state index contributed by atoms with van der Waals surface area (Å²) >= 11 is 3.23. The highest BCUT2D eigenvalue weighted by Crippen LogP contribution is 2.30. The molecule has 0 bridgehead atoms. The van der Waals surface area contributed by atoms with Gasteiger partial charge in [0.15, 0.2) is 11.6 Å². The second-order valence-electron chi connectivity index (χ2n) is 3.04. The molecule has 1 unspecified atom stereocenters. The Hall–Kier alpha value is -0.510. The van der Waals surface area contributed by atoms with Crippen LogP contribution in [0.15, 0.2) is 12.1 Å². The van der Waals surface area contributed by atoms with E-state index in [1.807, 2.05) is 6.92 Å². The van der Waals surface area contributed by atoms with Gasteiger partial charge in [0.2, 0.25) is 0 Å². The Kier molecular flexibility index (Phi) is 3.98. The topological polar surface area (TPSA) is 0 Å². The van der Waals surface area contributed by atoms with E-state index in [0.29, 0.717) is 12.5 Å². The van der Waals surface area contributed by atoms with Gasteiger partial charge < -0.3 is 0 Å². The van der Waals surface area contributed by atoms with E-state index in [9.17, 15) is 13.2 Å². The van der Waals surface area contributed by atoms with Crippen molar-refractivity contribution >= 4 is 15.9 Å². The molecule has 0 aromatic heterocycles. The second kappa shape index (κ2) is 4.82. The van der Waals surface area contributed by atoms with E-state index in [1.54, 1.807) is 0 Å². The Bertz CT molecular complexity index is 325. The lowest BCUT2D eigenvalue weighted by molar-refractivity contribution is 0.489. The van der Waals surface area contributed by atoms with Crippen LogP contribution in [-0.2, 0) is 0 Å². The lowest BCUT2D eigenvalue weighted by atomic mass is 10.1. The van der Waals surface area contributed by atoms with Crippen LogP contribution in [0.4, 0.5) is 13.2 Å². The maximum absolute atomic E-state index is 13.2. The van der Waals surface area contributed by atoms with Crippen LogP contribution in [-0.4, -0.2) is 0 Å². The molecule has 1 rings (SSSR count). The molecule has 14 heavy (non-hydrogen) atoms. The van der Waals surface area contributed by atoms with Crippen molar-refractivity contribution in [2.24, 2.45) is 0 Å². The molecule has 0 saturated heterocycles. The third kappa shape index (κ3) is 2.50. The number of benzene rings is 1. The normalized spacial score (nSPS) is 12.9. The fourth-order valence-electron chi connectivity index (χ4n) is 1.19. The predicted octanol–water partition coefficient (Wildman–Crippen LogP) is 4.34. The van der Waals surface area contributed by atoms with Gasteiger partial charge in [-0.15, -0.1) is 0 Å². The Morgan fingerprint density at radius 1 is 1.14 bits per heavy atom. The van der Waals surface area contributed by atoms with Crippen LogP contribution in [0.1, 0.15) is 30.2 Å². The highest BCUT2D eigenvalue weighted by Gasteiger charge is 2.15. The molecule has 0 amide bonds. The molecule has 0 saturated carbocycles. The van der Waals surface area contributed by atoms with Crippen molar-refractivity contribution in [3.8, 4) is 0 Å². The first-order valence-electron chi connectivity index (χ1n) is 4.34. The Balaban J connectivity index is 3.02. The van der Waals surface area contributed by atoms with Gasteiger partial charge in [0.05, 0.1) is 0 Å². The van der Waals surface area contributed by atoms with E-state index < -0.39 is 17.5 Å². The molecule has 0 aliphatic heterocycles. The predicted molar refractivity (Wildman–Crippen MR) is 52.9 cm³/mol. The van der Waals surface area contributed by atoms with Crippen LogP contribution in [0, 0.1) is 17.5 Å². The van der Waals surface area contributed by atoms with Crippen molar-refractivity contribution in [3.05, 3.63) is 35.1 Å². The molecule has 78 valence electrons. The molecule has 1 aromatic rings. The third-order valence-corrected chi connectivity index (χ3v) is 2.87. The van der Waals surface area contributed by atoms with E-state index in [1.165, 1.54) is 0 Å². The molecule has 1 atom stereocenters. The molecule has 0 aliphatic carbocycles. The Morgan fingerprint density at radius 3 is 2.29 bits per heavy atom. The van der Waals surface area contributed by atoms with Crippen molar-refractivity contribution in [1.82, 2.24) is 0 Å². The molecule has 0 fully saturated rings. The maximum Gasteiger partial charge on any atom is 0.161 e. The zero-order chi connectivity index (χ0) is 10.7. The lowest BCUT2D eigenvalue weighted by Crippen LogP contribution is -1.98. The average Bonchev–Trinajstić information content (AvgIpc) is 2.11. The average molecular weight is 267 g/mol. The molecule has 0 spiro atoms. The first kappa shape index (κ1) is 11.6. The van der Waals surface area contributed by atoms with Gasteiger partial charge in [-0.1, -0.05) is 29.3 Å². The molecule has 0 radical (unpaired) electrons. The summed E-state index contributed by atoms with van der Waals surface area (Å²) in [6, 6.07) is 1.48. The molecule has 1 aromatic carbocycles. The lowest BCUT2D eigenvalue weighted by Gasteiger charge is -2.10. The minimum atomic E-state index is -1.15. The Morgan fingerprint density at radius 2 is 1.71 bits per heavy atom. The molecule has 0 heterocycles. The smallest absolute Gasteiger partial charge is 0.161 e. The summed E-state index contributed by atoms with van der Waals surface area (Å²) in [6.45, 7) is 1.94. The van der Waals surface area contributed by atoms with Crippen molar-refractivity contribution in [1.29, 1.82) is 0 Å². The van der Waals surface area contributed by atoms with Gasteiger partial charge in [0.25, 0.3) is 0 Å². The number of hydrogen-bond donors (Lipinski definition) is 0. The summed E-state index contributed by atoms with van der Waals surface area (Å²) in [7, 11) is 0. The third-order valence-electron chi connectivity index (χ3n) is 1.92. The summed E-state index contributed by atoms with van der Waals surface area (Å²) in [5.41, 5.74) is 0.172. The minimum absolute atomic E-state index is 0.172. The minimum Gasteiger partial charge on any atom is -0.207 e. The van der Waals surface area contributed by atoms with Crippen LogP contribution < -0.4 is 0 Å². The van der Waals surface area contributed by atoms with Crippen LogP contribution in [0.25, 0.3) is 0 Å². The first-order valence-corrected chi connectivity index (χ1v) is 5.26. The van der Waals surface area contributed by atoms with Crippen molar-refractivity contribution in [2.75, 3.05) is 0 Å². The van der Waals surface area contributed by atoms with Crippen molar-refractivity contribution in [2.45, 2.75) is 24.6 Å². The van der Waals surface area contributed by atoms with Crippen LogP contribution >= 0.6 is 15.9 Å². The van der Waals surface area contributed by atoms with Gasteiger partial charge in [-0.05, 0) is 12.5 Å². The van der Waals surface area contributed by atoms with Crippen LogP contribution in [0.5, 0.6) is 0 Å². The molecule has 4 heteroatoms. The fraction of sp³-hybridized carbons (Fsp3) is 0.400. The van der Waals surface area contributed by atoms with Gasteiger partial charge >= 0.3 is 0 Å². The summed E-state index contributed by atoms with van der Waals surface area (Å²) in [6.07, 6.45) is 1.52. The van der Waals surface area contributed by atoms with E-state index in [-0.39, 0.29) is 10.4 Å². The number of rotatable bonds is 3. The van der Waals surface area contributed by atoms with Crippen LogP contribution in [0.2, 0.25) is 0 Å². The largest absolute Gasteiger partial charge is 0.207 e. The SMILES string of the molecule is CCCC(Br)c1cc(F)c(F)cc1F. The quantitative estimate of drug-likeness (QED) is 0.564. The number of hydrogen-bond acceptors (Lipinski definition) is 0. The van der Waals surface area contributed by atoms with Crippen molar-refractivity contribution < 1.29 is 13.2 Å². The number of halogens is 4.